The summed E-state index contributed by atoms with van der Waals surface area (Å²) in [5.74, 6) is -0.860. The van der Waals surface area contributed by atoms with Crippen LogP contribution in [0.15, 0.2) is 84.9 Å². The molecule has 0 saturated heterocycles. The lowest BCUT2D eigenvalue weighted by atomic mass is 9.88. The highest BCUT2D eigenvalue weighted by Crippen LogP contribution is 2.29. The average molecular weight is 419 g/mol. The van der Waals surface area contributed by atoms with E-state index in [0.717, 1.165) is 16.7 Å². The third kappa shape index (κ3) is 5.79. The molecule has 0 aromatic heterocycles. The van der Waals surface area contributed by atoms with Crippen molar-refractivity contribution >= 4 is 11.8 Å². The maximum Gasteiger partial charge on any atom is 0.242 e. The average Bonchev–Trinajstić information content (AvgIpc) is 2.82. The van der Waals surface area contributed by atoms with Crippen LogP contribution in [0, 0.1) is 5.82 Å². The van der Waals surface area contributed by atoms with E-state index in [9.17, 15) is 14.0 Å². The van der Waals surface area contributed by atoms with Crippen LogP contribution in [0.25, 0.3) is 0 Å². The molecule has 2 amide bonds. The molecule has 160 valence electrons. The molecular formula is C26H27FN2O2. The smallest absolute Gasteiger partial charge is 0.242 e. The minimum absolute atomic E-state index is 0.137. The van der Waals surface area contributed by atoms with Gasteiger partial charge in [0.15, 0.2) is 0 Å². The van der Waals surface area contributed by atoms with E-state index in [1.54, 1.807) is 31.0 Å². The second-order valence-electron chi connectivity index (χ2n) is 7.52. The van der Waals surface area contributed by atoms with Crippen molar-refractivity contribution in [3.05, 3.63) is 107 Å². The Hall–Kier alpha value is -3.47. The van der Waals surface area contributed by atoms with Crippen molar-refractivity contribution < 1.29 is 14.0 Å². The zero-order valence-corrected chi connectivity index (χ0v) is 17.8. The van der Waals surface area contributed by atoms with Crippen molar-refractivity contribution in [2.45, 2.75) is 31.8 Å². The third-order valence-electron chi connectivity index (χ3n) is 5.46. The quantitative estimate of drug-likeness (QED) is 0.585. The lowest BCUT2D eigenvalue weighted by molar-refractivity contribution is -0.140. The summed E-state index contributed by atoms with van der Waals surface area (Å²) in [5.41, 5.74) is 2.84. The zero-order chi connectivity index (χ0) is 22.2. The minimum atomic E-state index is -0.658. The fourth-order valence-electron chi connectivity index (χ4n) is 3.67. The van der Waals surface area contributed by atoms with Crippen molar-refractivity contribution in [2.24, 2.45) is 0 Å². The lowest BCUT2D eigenvalue weighted by Gasteiger charge is -2.30. The van der Waals surface area contributed by atoms with Gasteiger partial charge in [-0.2, -0.15) is 0 Å². The number of rotatable bonds is 8. The van der Waals surface area contributed by atoms with Gasteiger partial charge in [-0.05, 0) is 35.7 Å². The first-order chi connectivity index (χ1) is 15.0. The first-order valence-electron chi connectivity index (χ1n) is 10.3. The molecule has 0 saturated carbocycles. The van der Waals surface area contributed by atoms with Crippen LogP contribution in [-0.4, -0.2) is 29.8 Å². The molecule has 0 heterocycles. The third-order valence-corrected chi connectivity index (χ3v) is 5.46. The minimum Gasteiger partial charge on any atom is -0.357 e. The van der Waals surface area contributed by atoms with Crippen LogP contribution in [0.1, 0.15) is 36.0 Å². The molecule has 0 fully saturated rings. The first-order valence-corrected chi connectivity index (χ1v) is 10.3. The Morgan fingerprint density at radius 2 is 1.39 bits per heavy atom. The predicted molar refractivity (Wildman–Crippen MR) is 120 cm³/mol. The first kappa shape index (κ1) is 22.2. The standard InChI is InChI=1S/C26H27FN2O2/c1-19(26(31)28-2)29(18-20-13-15-23(27)16-14-20)25(30)17-24(21-9-5-3-6-10-21)22-11-7-4-8-12-22/h3-16,19,24H,17-18H2,1-2H3,(H,28,31). The number of amides is 2. The molecule has 0 aliphatic heterocycles. The predicted octanol–water partition coefficient (Wildman–Crippen LogP) is 4.51. The van der Waals surface area contributed by atoms with Gasteiger partial charge in [0, 0.05) is 25.9 Å². The Kier molecular flexibility index (Phi) is 7.55. The van der Waals surface area contributed by atoms with Crippen molar-refractivity contribution in [1.29, 1.82) is 0 Å². The largest absolute Gasteiger partial charge is 0.357 e. The summed E-state index contributed by atoms with van der Waals surface area (Å²) < 4.78 is 13.3. The van der Waals surface area contributed by atoms with Crippen LogP contribution in [0.2, 0.25) is 0 Å². The van der Waals surface area contributed by atoms with Gasteiger partial charge in [0.1, 0.15) is 11.9 Å². The van der Waals surface area contributed by atoms with E-state index in [4.69, 9.17) is 0 Å². The van der Waals surface area contributed by atoms with Gasteiger partial charge < -0.3 is 10.2 Å². The van der Waals surface area contributed by atoms with E-state index in [1.165, 1.54) is 12.1 Å². The molecule has 1 N–H and O–H groups in total. The molecule has 1 unspecified atom stereocenters. The molecule has 0 spiro atoms. The van der Waals surface area contributed by atoms with Gasteiger partial charge in [-0.15, -0.1) is 0 Å². The summed E-state index contributed by atoms with van der Waals surface area (Å²) in [5, 5.41) is 2.62. The monoisotopic (exact) mass is 418 g/mol. The number of nitrogens with one attached hydrogen (secondary N) is 1. The van der Waals surface area contributed by atoms with Crippen LogP contribution in [-0.2, 0) is 16.1 Å². The topological polar surface area (TPSA) is 49.4 Å². The number of nitrogens with zero attached hydrogens (tertiary/aromatic N) is 1. The van der Waals surface area contributed by atoms with Crippen molar-refractivity contribution in [2.75, 3.05) is 7.05 Å². The molecule has 3 aromatic rings. The molecule has 0 aliphatic carbocycles. The molecule has 0 aliphatic rings. The summed E-state index contributed by atoms with van der Waals surface area (Å²) in [7, 11) is 1.55. The summed E-state index contributed by atoms with van der Waals surface area (Å²) in [6.07, 6.45) is 0.219. The highest BCUT2D eigenvalue weighted by atomic mass is 19.1. The maximum atomic E-state index is 13.5. The molecular weight excluding hydrogens is 391 g/mol. The fourth-order valence-corrected chi connectivity index (χ4v) is 3.67. The molecule has 5 heteroatoms. The fraction of sp³-hybridized carbons (Fsp3) is 0.231. The van der Waals surface area contributed by atoms with Gasteiger partial charge >= 0.3 is 0 Å². The number of carbonyl (C=O) groups excluding carboxylic acids is 2. The van der Waals surface area contributed by atoms with E-state index in [1.807, 2.05) is 60.7 Å². The van der Waals surface area contributed by atoms with E-state index < -0.39 is 6.04 Å². The molecule has 3 rings (SSSR count). The van der Waals surface area contributed by atoms with Crippen molar-refractivity contribution in [3.63, 3.8) is 0 Å². The normalized spacial score (nSPS) is 11.7. The molecule has 31 heavy (non-hydrogen) atoms. The molecule has 3 aromatic carbocycles. The summed E-state index contributed by atoms with van der Waals surface area (Å²) >= 11 is 0. The zero-order valence-electron chi connectivity index (χ0n) is 17.8. The van der Waals surface area contributed by atoms with Gasteiger partial charge in [-0.3, -0.25) is 9.59 Å². The second-order valence-corrected chi connectivity index (χ2v) is 7.52. The van der Waals surface area contributed by atoms with E-state index >= 15 is 0 Å². The number of halogens is 1. The Bertz CT molecular complexity index is 951. The van der Waals surface area contributed by atoms with E-state index in [0.29, 0.717) is 0 Å². The summed E-state index contributed by atoms with van der Waals surface area (Å²) in [4.78, 5) is 27.4. The van der Waals surface area contributed by atoms with Crippen LogP contribution in [0.5, 0.6) is 0 Å². The van der Waals surface area contributed by atoms with Gasteiger partial charge in [0.05, 0.1) is 0 Å². The highest BCUT2D eigenvalue weighted by molar-refractivity contribution is 5.87. The van der Waals surface area contributed by atoms with Crippen LogP contribution >= 0.6 is 0 Å². The second kappa shape index (κ2) is 10.5. The van der Waals surface area contributed by atoms with Gasteiger partial charge in [0.25, 0.3) is 0 Å². The Balaban J connectivity index is 1.90. The number of carbonyl (C=O) groups is 2. The van der Waals surface area contributed by atoms with Crippen LogP contribution in [0.3, 0.4) is 0 Å². The maximum absolute atomic E-state index is 13.5. The van der Waals surface area contributed by atoms with Crippen LogP contribution < -0.4 is 5.32 Å². The number of hydrogen-bond donors (Lipinski definition) is 1. The van der Waals surface area contributed by atoms with Crippen LogP contribution in [0.4, 0.5) is 4.39 Å². The highest BCUT2D eigenvalue weighted by Gasteiger charge is 2.28. The number of likely N-dealkylation sites (N-methyl/N-ethyl adjacent to an activating group) is 1. The summed E-state index contributed by atoms with van der Waals surface area (Å²) in [6, 6.07) is 25.1. The van der Waals surface area contributed by atoms with E-state index in [2.05, 4.69) is 5.32 Å². The van der Waals surface area contributed by atoms with Gasteiger partial charge in [0.2, 0.25) is 11.8 Å². The van der Waals surface area contributed by atoms with Gasteiger partial charge in [-0.25, -0.2) is 4.39 Å². The molecule has 0 bridgehead atoms. The Morgan fingerprint density at radius 3 is 1.87 bits per heavy atom. The van der Waals surface area contributed by atoms with Crippen molar-refractivity contribution in [3.8, 4) is 0 Å². The molecule has 0 radical (unpaired) electrons. The lowest BCUT2D eigenvalue weighted by Crippen LogP contribution is -2.47. The number of benzene rings is 3. The van der Waals surface area contributed by atoms with Crippen molar-refractivity contribution in [1.82, 2.24) is 10.2 Å². The van der Waals surface area contributed by atoms with E-state index in [-0.39, 0.29) is 36.5 Å². The number of hydrogen-bond acceptors (Lipinski definition) is 2. The Labute approximate surface area is 182 Å². The SMILES string of the molecule is CNC(=O)C(C)N(Cc1ccc(F)cc1)C(=O)CC(c1ccccc1)c1ccccc1. The van der Waals surface area contributed by atoms with Gasteiger partial charge in [-0.1, -0.05) is 72.8 Å². The molecule has 1 atom stereocenters. The Morgan fingerprint density at radius 1 is 0.871 bits per heavy atom. The molecule has 4 nitrogen and oxygen atoms in total. The summed E-state index contributed by atoms with van der Waals surface area (Å²) in [6.45, 7) is 1.93.